The van der Waals surface area contributed by atoms with E-state index in [9.17, 15) is 19.5 Å². The van der Waals surface area contributed by atoms with E-state index in [0.717, 1.165) is 30.6 Å². The molecular weight excluding hydrogens is 440 g/mol. The lowest BCUT2D eigenvalue weighted by Crippen LogP contribution is -2.62. The zero-order valence-corrected chi connectivity index (χ0v) is 20.3. The van der Waals surface area contributed by atoms with Gasteiger partial charge in [0.05, 0.1) is 18.7 Å². The van der Waals surface area contributed by atoms with Gasteiger partial charge in [0.2, 0.25) is 0 Å². The van der Waals surface area contributed by atoms with Crippen LogP contribution in [-0.2, 0) is 19.1 Å². The van der Waals surface area contributed by atoms with Crippen LogP contribution in [0.2, 0.25) is 0 Å². The van der Waals surface area contributed by atoms with Gasteiger partial charge in [-0.2, -0.15) is 0 Å². The topological polar surface area (TPSA) is 105 Å². The second kappa shape index (κ2) is 12.5. The van der Waals surface area contributed by atoms with Crippen molar-refractivity contribution in [3.8, 4) is 0 Å². The first-order valence-electron chi connectivity index (χ1n) is 12.0. The molecular formula is C25H36N2O5S. The third kappa shape index (κ3) is 7.04. The van der Waals surface area contributed by atoms with Crippen LogP contribution in [-0.4, -0.2) is 59.4 Å². The largest absolute Gasteiger partial charge is 0.480 e. The Morgan fingerprint density at radius 2 is 1.94 bits per heavy atom. The van der Waals surface area contributed by atoms with Crippen molar-refractivity contribution in [2.75, 3.05) is 12.4 Å². The average molecular weight is 477 g/mol. The summed E-state index contributed by atoms with van der Waals surface area (Å²) in [6.45, 7) is 3.81. The Labute approximate surface area is 200 Å². The number of carboxylic acid groups (broad SMARTS) is 1. The molecule has 1 aromatic rings. The Morgan fingerprint density at radius 1 is 1.21 bits per heavy atom. The molecule has 0 aromatic heterocycles. The fourth-order valence-corrected chi connectivity index (χ4v) is 6.06. The van der Waals surface area contributed by atoms with Gasteiger partial charge in [0.1, 0.15) is 12.1 Å². The molecule has 7 nitrogen and oxygen atoms in total. The van der Waals surface area contributed by atoms with Crippen LogP contribution in [0, 0.1) is 11.8 Å². The summed E-state index contributed by atoms with van der Waals surface area (Å²) in [4.78, 5) is 38.9. The number of carbonyl (C=O) groups is 3. The third-order valence-electron chi connectivity index (χ3n) is 6.79. The van der Waals surface area contributed by atoms with Crippen molar-refractivity contribution in [3.63, 3.8) is 0 Å². The van der Waals surface area contributed by atoms with E-state index in [-0.39, 0.29) is 30.2 Å². The van der Waals surface area contributed by atoms with Crippen LogP contribution in [0.5, 0.6) is 0 Å². The highest BCUT2D eigenvalue weighted by atomic mass is 32.2. The van der Waals surface area contributed by atoms with Crippen molar-refractivity contribution >= 4 is 29.5 Å². The molecule has 8 heteroatoms. The van der Waals surface area contributed by atoms with Crippen molar-refractivity contribution in [2.24, 2.45) is 11.8 Å². The number of Topliss-reactive ketones (excluding diaryl/α,β-unsaturated/α-hetero) is 1. The minimum absolute atomic E-state index is 0.0668. The van der Waals surface area contributed by atoms with E-state index in [4.69, 9.17) is 4.74 Å². The van der Waals surface area contributed by atoms with Gasteiger partial charge in [-0.3, -0.25) is 25.0 Å². The number of ether oxygens (including phenoxy) is 1. The summed E-state index contributed by atoms with van der Waals surface area (Å²) in [6, 6.07) is 7.58. The van der Waals surface area contributed by atoms with Crippen LogP contribution in [0.3, 0.4) is 0 Å². The Balaban J connectivity index is 1.64. The van der Waals surface area contributed by atoms with E-state index < -0.39 is 30.1 Å². The van der Waals surface area contributed by atoms with Gasteiger partial charge < -0.3 is 9.84 Å². The molecule has 3 rings (SSSR count). The maximum Gasteiger partial charge on any atom is 0.323 e. The number of carboxylic acids is 1. The number of hydrogen-bond acceptors (Lipinski definition) is 7. The van der Waals surface area contributed by atoms with E-state index in [1.165, 1.54) is 0 Å². The first-order chi connectivity index (χ1) is 15.9. The zero-order valence-electron chi connectivity index (χ0n) is 19.5. The van der Waals surface area contributed by atoms with Gasteiger partial charge in [-0.25, -0.2) is 0 Å². The van der Waals surface area contributed by atoms with Gasteiger partial charge in [0.15, 0.2) is 5.78 Å². The zero-order chi connectivity index (χ0) is 23.8. The molecule has 1 aliphatic carbocycles. The average Bonchev–Trinajstić information content (AvgIpc) is 2.82. The normalized spacial score (nSPS) is 26.6. The second-order valence-electron chi connectivity index (χ2n) is 9.02. The van der Waals surface area contributed by atoms with Gasteiger partial charge in [-0.15, -0.1) is 11.8 Å². The molecule has 1 heterocycles. The number of ketones is 1. The number of rotatable bonds is 11. The monoisotopic (exact) mass is 476 g/mol. The summed E-state index contributed by atoms with van der Waals surface area (Å²) < 4.78 is 5.25. The Kier molecular flexibility index (Phi) is 9.77. The minimum Gasteiger partial charge on any atom is -0.480 e. The number of fused-ring (bicyclic) bond motifs is 1. The van der Waals surface area contributed by atoms with E-state index in [0.29, 0.717) is 18.6 Å². The number of nitrogens with one attached hydrogen (secondary N) is 2. The molecule has 6 atom stereocenters. The lowest BCUT2D eigenvalue weighted by Gasteiger charge is -2.44. The van der Waals surface area contributed by atoms with Gasteiger partial charge >= 0.3 is 11.9 Å². The number of hydrogen-bond donors (Lipinski definition) is 3. The molecule has 0 spiro atoms. The Morgan fingerprint density at radius 3 is 2.64 bits per heavy atom. The third-order valence-corrected chi connectivity index (χ3v) is 7.83. The maximum absolute atomic E-state index is 13.5. The molecule has 2 fully saturated rings. The Bertz CT molecular complexity index is 805. The van der Waals surface area contributed by atoms with Crippen LogP contribution in [0.25, 0.3) is 0 Å². The summed E-state index contributed by atoms with van der Waals surface area (Å²) in [6.07, 6.45) is 5.16. The summed E-state index contributed by atoms with van der Waals surface area (Å²) in [5.74, 6) is -0.218. The number of piperidine rings is 1. The fourth-order valence-electron chi connectivity index (χ4n) is 5.12. The van der Waals surface area contributed by atoms with Crippen LogP contribution in [0.15, 0.2) is 35.2 Å². The lowest BCUT2D eigenvalue weighted by atomic mass is 9.68. The summed E-state index contributed by atoms with van der Waals surface area (Å²) in [7, 11) is 0. The molecule has 0 amide bonds. The van der Waals surface area contributed by atoms with E-state index in [2.05, 4.69) is 10.6 Å². The highest BCUT2D eigenvalue weighted by Gasteiger charge is 2.45. The van der Waals surface area contributed by atoms with Crippen molar-refractivity contribution in [3.05, 3.63) is 30.3 Å². The standard InChI is InChI=1S/C25H36N2O5S/c1-3-32-25(31)20(13-14-33-18-10-5-4-6-11-18)26-16(2)23(28)22-19-12-8-7-9-17(19)15-21(27-22)24(29)30/h4-6,10-11,16-17,19-22,26-27H,3,7-9,12-15H2,1-2H3,(H,29,30)/t16-,17?,19?,20?,21?,22?/m0/s1. The number of aliphatic carboxylic acids is 1. The number of carbonyl (C=O) groups excluding carboxylic acids is 2. The Hall–Kier alpha value is -1.90. The predicted octanol–water partition coefficient (Wildman–Crippen LogP) is 3.27. The number of esters is 1. The molecule has 2 aliphatic rings. The molecule has 1 saturated carbocycles. The minimum atomic E-state index is -0.903. The first-order valence-corrected chi connectivity index (χ1v) is 13.0. The predicted molar refractivity (Wildman–Crippen MR) is 128 cm³/mol. The first kappa shape index (κ1) is 25.7. The number of benzene rings is 1. The molecule has 1 aliphatic heterocycles. The molecule has 182 valence electrons. The van der Waals surface area contributed by atoms with Gasteiger partial charge in [-0.05, 0) is 57.1 Å². The van der Waals surface area contributed by atoms with Crippen LogP contribution in [0.4, 0.5) is 0 Å². The van der Waals surface area contributed by atoms with Gasteiger partial charge in [-0.1, -0.05) is 37.5 Å². The molecule has 1 saturated heterocycles. The van der Waals surface area contributed by atoms with Gasteiger partial charge in [0.25, 0.3) is 0 Å². The highest BCUT2D eigenvalue weighted by molar-refractivity contribution is 7.99. The quantitative estimate of drug-likeness (QED) is 0.330. The molecule has 33 heavy (non-hydrogen) atoms. The number of thioether (sulfide) groups is 1. The SMILES string of the molecule is CCOC(=O)C(CCSc1ccccc1)N[C@@H](C)C(=O)C1NC(C(=O)O)CC2CCCCC21. The molecule has 1 aromatic carbocycles. The summed E-state index contributed by atoms with van der Waals surface area (Å²) >= 11 is 1.66. The van der Waals surface area contributed by atoms with Crippen molar-refractivity contribution < 1.29 is 24.2 Å². The van der Waals surface area contributed by atoms with E-state index in [1.807, 2.05) is 30.3 Å². The lowest BCUT2D eigenvalue weighted by molar-refractivity contribution is -0.146. The van der Waals surface area contributed by atoms with Crippen LogP contribution < -0.4 is 10.6 Å². The smallest absolute Gasteiger partial charge is 0.323 e. The van der Waals surface area contributed by atoms with Crippen molar-refractivity contribution in [2.45, 2.75) is 81.4 Å². The summed E-state index contributed by atoms with van der Waals surface area (Å²) in [5.41, 5.74) is 0. The van der Waals surface area contributed by atoms with Crippen molar-refractivity contribution in [1.82, 2.24) is 10.6 Å². The van der Waals surface area contributed by atoms with Crippen LogP contribution >= 0.6 is 11.8 Å². The molecule has 3 N–H and O–H groups in total. The maximum atomic E-state index is 13.5. The second-order valence-corrected chi connectivity index (χ2v) is 10.2. The highest BCUT2D eigenvalue weighted by Crippen LogP contribution is 2.39. The molecule has 5 unspecified atom stereocenters. The summed E-state index contributed by atoms with van der Waals surface area (Å²) in [5, 5.41) is 15.9. The molecule has 0 radical (unpaired) electrons. The van der Waals surface area contributed by atoms with Gasteiger partial charge in [0, 0.05) is 10.6 Å². The fraction of sp³-hybridized carbons (Fsp3) is 0.640. The van der Waals surface area contributed by atoms with E-state index in [1.54, 1.807) is 25.6 Å². The van der Waals surface area contributed by atoms with E-state index >= 15 is 0 Å². The van der Waals surface area contributed by atoms with Crippen molar-refractivity contribution in [1.29, 1.82) is 0 Å². The van der Waals surface area contributed by atoms with Crippen LogP contribution in [0.1, 0.15) is 52.4 Å². The molecule has 0 bridgehead atoms.